The SMILES string of the molecule is Nc1cccc2c1OCC(=O)N2CC(=O)NC1CCCC1. The van der Waals surface area contributed by atoms with Crippen molar-refractivity contribution in [1.82, 2.24) is 5.32 Å². The summed E-state index contributed by atoms with van der Waals surface area (Å²) in [7, 11) is 0. The molecule has 1 aliphatic heterocycles. The Morgan fingerprint density at radius 2 is 2.14 bits per heavy atom. The monoisotopic (exact) mass is 289 g/mol. The van der Waals surface area contributed by atoms with Gasteiger partial charge in [0.15, 0.2) is 12.4 Å². The molecule has 0 atom stereocenters. The van der Waals surface area contributed by atoms with Crippen LogP contribution in [0.1, 0.15) is 25.7 Å². The van der Waals surface area contributed by atoms with Crippen LogP contribution in [-0.2, 0) is 9.59 Å². The average molecular weight is 289 g/mol. The van der Waals surface area contributed by atoms with Crippen molar-refractivity contribution in [1.29, 1.82) is 0 Å². The number of amides is 2. The third kappa shape index (κ3) is 2.79. The van der Waals surface area contributed by atoms with Crippen molar-refractivity contribution >= 4 is 23.2 Å². The zero-order valence-corrected chi connectivity index (χ0v) is 11.8. The van der Waals surface area contributed by atoms with Crippen LogP contribution in [0.4, 0.5) is 11.4 Å². The fourth-order valence-corrected chi connectivity index (χ4v) is 2.92. The molecule has 3 rings (SSSR count). The Bertz CT molecular complexity index is 567. The van der Waals surface area contributed by atoms with Gasteiger partial charge >= 0.3 is 0 Å². The summed E-state index contributed by atoms with van der Waals surface area (Å²) in [6.45, 7) is -0.0763. The molecule has 1 aromatic carbocycles. The van der Waals surface area contributed by atoms with E-state index in [9.17, 15) is 9.59 Å². The molecule has 6 nitrogen and oxygen atoms in total. The zero-order chi connectivity index (χ0) is 14.8. The van der Waals surface area contributed by atoms with Gasteiger partial charge in [-0.2, -0.15) is 0 Å². The van der Waals surface area contributed by atoms with Crippen molar-refractivity contribution in [3.05, 3.63) is 18.2 Å². The molecule has 0 saturated heterocycles. The normalized spacial score (nSPS) is 18.3. The summed E-state index contributed by atoms with van der Waals surface area (Å²) in [6, 6.07) is 5.45. The average Bonchev–Trinajstić information content (AvgIpc) is 2.95. The molecule has 0 aromatic heterocycles. The molecule has 1 aliphatic carbocycles. The van der Waals surface area contributed by atoms with Crippen LogP contribution in [0.5, 0.6) is 5.75 Å². The van der Waals surface area contributed by atoms with Gasteiger partial charge in [0.1, 0.15) is 6.54 Å². The number of para-hydroxylation sites is 1. The first-order valence-electron chi connectivity index (χ1n) is 7.26. The van der Waals surface area contributed by atoms with Gasteiger partial charge < -0.3 is 15.8 Å². The second kappa shape index (κ2) is 5.63. The largest absolute Gasteiger partial charge is 0.479 e. The molecule has 6 heteroatoms. The first-order chi connectivity index (χ1) is 10.1. The summed E-state index contributed by atoms with van der Waals surface area (Å²) in [5, 5.41) is 2.99. The fourth-order valence-electron chi connectivity index (χ4n) is 2.92. The van der Waals surface area contributed by atoms with Crippen LogP contribution in [0.2, 0.25) is 0 Å². The van der Waals surface area contributed by atoms with Crippen LogP contribution in [0, 0.1) is 0 Å². The lowest BCUT2D eigenvalue weighted by molar-refractivity contribution is -0.125. The number of nitrogen functional groups attached to an aromatic ring is 1. The molecule has 1 aromatic rings. The molecule has 1 heterocycles. The maximum atomic E-state index is 12.1. The molecule has 2 amide bonds. The van der Waals surface area contributed by atoms with Crippen LogP contribution in [0.3, 0.4) is 0 Å². The number of nitrogens with zero attached hydrogens (tertiary/aromatic N) is 1. The highest BCUT2D eigenvalue weighted by Gasteiger charge is 2.29. The first kappa shape index (κ1) is 13.7. The van der Waals surface area contributed by atoms with Crippen molar-refractivity contribution in [3.8, 4) is 5.75 Å². The van der Waals surface area contributed by atoms with Gasteiger partial charge in [-0.3, -0.25) is 14.5 Å². The lowest BCUT2D eigenvalue weighted by Crippen LogP contribution is -2.47. The second-order valence-electron chi connectivity index (χ2n) is 5.51. The van der Waals surface area contributed by atoms with E-state index in [0.717, 1.165) is 25.7 Å². The van der Waals surface area contributed by atoms with E-state index in [2.05, 4.69) is 5.32 Å². The van der Waals surface area contributed by atoms with Crippen molar-refractivity contribution in [2.45, 2.75) is 31.7 Å². The predicted molar refractivity (Wildman–Crippen MR) is 79.1 cm³/mol. The minimum atomic E-state index is -0.227. The Balaban J connectivity index is 1.74. The number of benzene rings is 1. The number of ether oxygens (including phenoxy) is 1. The van der Waals surface area contributed by atoms with Gasteiger partial charge in [-0.15, -0.1) is 0 Å². The van der Waals surface area contributed by atoms with E-state index in [-0.39, 0.29) is 31.0 Å². The predicted octanol–water partition coefficient (Wildman–Crippen LogP) is 1.05. The third-order valence-corrected chi connectivity index (χ3v) is 3.98. The van der Waals surface area contributed by atoms with Gasteiger partial charge in [-0.25, -0.2) is 0 Å². The Morgan fingerprint density at radius 1 is 1.38 bits per heavy atom. The summed E-state index contributed by atoms with van der Waals surface area (Å²) in [6.07, 6.45) is 4.35. The van der Waals surface area contributed by atoms with Crippen molar-refractivity contribution < 1.29 is 14.3 Å². The Hall–Kier alpha value is -2.24. The van der Waals surface area contributed by atoms with Gasteiger partial charge in [0.05, 0.1) is 11.4 Å². The minimum absolute atomic E-state index is 0.00907. The van der Waals surface area contributed by atoms with Gasteiger partial charge in [-0.05, 0) is 25.0 Å². The summed E-state index contributed by atoms with van der Waals surface area (Å²) in [5.41, 5.74) is 6.88. The molecule has 0 spiro atoms. The molecular weight excluding hydrogens is 270 g/mol. The fraction of sp³-hybridized carbons (Fsp3) is 0.467. The highest BCUT2D eigenvalue weighted by molar-refractivity contribution is 6.03. The molecule has 1 fully saturated rings. The van der Waals surface area contributed by atoms with Crippen LogP contribution >= 0.6 is 0 Å². The van der Waals surface area contributed by atoms with Gasteiger partial charge in [0, 0.05) is 6.04 Å². The number of anilines is 2. The molecule has 3 N–H and O–H groups in total. The molecule has 0 unspecified atom stereocenters. The summed E-state index contributed by atoms with van der Waals surface area (Å²) >= 11 is 0. The highest BCUT2D eigenvalue weighted by Crippen LogP contribution is 2.36. The van der Waals surface area contributed by atoms with Crippen molar-refractivity contribution in [2.24, 2.45) is 0 Å². The maximum Gasteiger partial charge on any atom is 0.265 e. The van der Waals surface area contributed by atoms with Crippen LogP contribution < -0.4 is 20.7 Å². The smallest absolute Gasteiger partial charge is 0.265 e. The maximum absolute atomic E-state index is 12.1. The molecule has 1 saturated carbocycles. The van der Waals surface area contributed by atoms with Crippen molar-refractivity contribution in [2.75, 3.05) is 23.8 Å². The topological polar surface area (TPSA) is 84.7 Å². The van der Waals surface area contributed by atoms with E-state index >= 15 is 0 Å². The lowest BCUT2D eigenvalue weighted by atomic mass is 10.2. The molecule has 21 heavy (non-hydrogen) atoms. The molecule has 2 aliphatic rings. The Morgan fingerprint density at radius 3 is 2.90 bits per heavy atom. The summed E-state index contributed by atoms with van der Waals surface area (Å²) in [4.78, 5) is 25.6. The van der Waals surface area contributed by atoms with E-state index in [4.69, 9.17) is 10.5 Å². The Labute approximate surface area is 123 Å². The molecular formula is C15H19N3O3. The van der Waals surface area contributed by atoms with E-state index in [1.807, 2.05) is 0 Å². The van der Waals surface area contributed by atoms with Crippen molar-refractivity contribution in [3.63, 3.8) is 0 Å². The number of nitrogens with one attached hydrogen (secondary N) is 1. The number of hydrogen-bond acceptors (Lipinski definition) is 4. The molecule has 112 valence electrons. The summed E-state index contributed by atoms with van der Waals surface area (Å²) in [5.74, 6) is 0.117. The number of rotatable bonds is 3. The number of carbonyl (C=O) groups is 2. The Kier molecular flexibility index (Phi) is 3.68. The minimum Gasteiger partial charge on any atom is -0.479 e. The number of fused-ring (bicyclic) bond motifs is 1. The lowest BCUT2D eigenvalue weighted by Gasteiger charge is -2.29. The van der Waals surface area contributed by atoms with Gasteiger partial charge in [-0.1, -0.05) is 18.9 Å². The first-order valence-corrected chi connectivity index (χ1v) is 7.26. The van der Waals surface area contributed by atoms with Crippen LogP contribution in [0.15, 0.2) is 18.2 Å². The van der Waals surface area contributed by atoms with Gasteiger partial charge in [0.2, 0.25) is 5.91 Å². The standard InChI is InChI=1S/C15H19N3O3/c16-11-6-3-7-12-15(11)21-9-14(20)18(12)8-13(19)17-10-4-1-2-5-10/h3,6-7,10H,1-2,4-5,8-9,16H2,(H,17,19). The zero-order valence-electron chi connectivity index (χ0n) is 11.8. The second-order valence-corrected chi connectivity index (χ2v) is 5.51. The number of nitrogens with two attached hydrogens (primary N) is 1. The quantitative estimate of drug-likeness (QED) is 0.815. The molecule has 0 radical (unpaired) electrons. The van der Waals surface area contributed by atoms with E-state index in [1.54, 1.807) is 18.2 Å². The van der Waals surface area contributed by atoms with E-state index in [1.165, 1.54) is 4.90 Å². The number of carbonyl (C=O) groups excluding carboxylic acids is 2. The van der Waals surface area contributed by atoms with E-state index in [0.29, 0.717) is 17.1 Å². The number of hydrogen-bond donors (Lipinski definition) is 2. The van der Waals surface area contributed by atoms with Crippen LogP contribution in [0.25, 0.3) is 0 Å². The van der Waals surface area contributed by atoms with Crippen LogP contribution in [-0.4, -0.2) is 31.0 Å². The third-order valence-electron chi connectivity index (χ3n) is 3.98. The van der Waals surface area contributed by atoms with Gasteiger partial charge in [0.25, 0.3) is 5.91 Å². The molecule has 0 bridgehead atoms. The highest BCUT2D eigenvalue weighted by atomic mass is 16.5. The van der Waals surface area contributed by atoms with E-state index < -0.39 is 0 Å². The summed E-state index contributed by atoms with van der Waals surface area (Å²) < 4.78 is 5.36.